The lowest BCUT2D eigenvalue weighted by Crippen LogP contribution is -2.24. The second-order valence-electron chi connectivity index (χ2n) is 6.19. The number of nitrogens with one attached hydrogen (secondary N) is 1. The summed E-state index contributed by atoms with van der Waals surface area (Å²) in [6.45, 7) is 3.92. The zero-order valence-corrected chi connectivity index (χ0v) is 16.2. The fraction of sp³-hybridized carbons (Fsp3) is 0.200. The molecule has 3 rings (SSSR count). The summed E-state index contributed by atoms with van der Waals surface area (Å²) < 4.78 is 32.8. The first kappa shape index (κ1) is 19.0. The summed E-state index contributed by atoms with van der Waals surface area (Å²) in [7, 11) is -2.00. The Balaban J connectivity index is 1.76. The maximum absolute atomic E-state index is 12.5. The van der Waals surface area contributed by atoms with Crippen LogP contribution in [0.3, 0.4) is 0 Å². The SMILES string of the molecule is COc1ccc(-c2cc(CNS(=O)(=O)c3ccc(C)c(C)c3)ncn2)cc1. The van der Waals surface area contributed by atoms with Gasteiger partial charge in [0.15, 0.2) is 0 Å². The molecule has 0 bridgehead atoms. The van der Waals surface area contributed by atoms with E-state index in [4.69, 9.17) is 4.74 Å². The van der Waals surface area contributed by atoms with E-state index in [1.165, 1.54) is 6.33 Å². The van der Waals surface area contributed by atoms with Crippen molar-refractivity contribution in [3.05, 3.63) is 71.7 Å². The highest BCUT2D eigenvalue weighted by Crippen LogP contribution is 2.21. The minimum absolute atomic E-state index is 0.0843. The van der Waals surface area contributed by atoms with E-state index in [1.54, 1.807) is 31.4 Å². The molecule has 6 nitrogen and oxygen atoms in total. The molecular weight excluding hydrogens is 362 g/mol. The van der Waals surface area contributed by atoms with Crippen LogP contribution in [-0.2, 0) is 16.6 Å². The number of nitrogens with zero attached hydrogens (tertiary/aromatic N) is 2. The van der Waals surface area contributed by atoms with Crippen molar-refractivity contribution in [1.29, 1.82) is 0 Å². The van der Waals surface area contributed by atoms with Gasteiger partial charge in [-0.3, -0.25) is 0 Å². The molecule has 2 aromatic carbocycles. The maximum Gasteiger partial charge on any atom is 0.240 e. The summed E-state index contributed by atoms with van der Waals surface area (Å²) in [4.78, 5) is 8.67. The molecule has 0 radical (unpaired) electrons. The van der Waals surface area contributed by atoms with E-state index in [9.17, 15) is 8.42 Å². The summed E-state index contributed by atoms with van der Waals surface area (Å²) in [6, 6.07) is 14.3. The van der Waals surface area contributed by atoms with Crippen molar-refractivity contribution in [2.24, 2.45) is 0 Å². The first-order valence-electron chi connectivity index (χ1n) is 8.41. The highest BCUT2D eigenvalue weighted by Gasteiger charge is 2.15. The molecule has 140 valence electrons. The summed E-state index contributed by atoms with van der Waals surface area (Å²) in [5, 5.41) is 0. The molecule has 7 heteroatoms. The van der Waals surface area contributed by atoms with Crippen molar-refractivity contribution in [1.82, 2.24) is 14.7 Å². The minimum Gasteiger partial charge on any atom is -0.497 e. The molecule has 1 N–H and O–H groups in total. The van der Waals surface area contributed by atoms with Crippen LogP contribution >= 0.6 is 0 Å². The average Bonchev–Trinajstić information content (AvgIpc) is 2.69. The number of hydrogen-bond acceptors (Lipinski definition) is 5. The van der Waals surface area contributed by atoms with Crippen molar-refractivity contribution in [3.8, 4) is 17.0 Å². The highest BCUT2D eigenvalue weighted by molar-refractivity contribution is 7.89. The molecule has 0 aliphatic carbocycles. The molecule has 27 heavy (non-hydrogen) atoms. The molecule has 1 heterocycles. The number of aryl methyl sites for hydroxylation is 2. The molecule has 0 saturated carbocycles. The number of aromatic nitrogens is 2. The second-order valence-corrected chi connectivity index (χ2v) is 7.96. The number of ether oxygens (including phenoxy) is 1. The van der Waals surface area contributed by atoms with Gasteiger partial charge in [0.25, 0.3) is 0 Å². The number of rotatable bonds is 6. The third-order valence-corrected chi connectivity index (χ3v) is 5.74. The highest BCUT2D eigenvalue weighted by atomic mass is 32.2. The molecular formula is C20H21N3O3S. The second kappa shape index (κ2) is 7.85. The molecule has 0 fully saturated rings. The lowest BCUT2D eigenvalue weighted by atomic mass is 10.1. The summed E-state index contributed by atoms with van der Waals surface area (Å²) in [5.74, 6) is 0.759. The number of benzene rings is 2. The molecule has 0 saturated heterocycles. The van der Waals surface area contributed by atoms with E-state index < -0.39 is 10.0 Å². The summed E-state index contributed by atoms with van der Waals surface area (Å²) in [6.07, 6.45) is 1.43. The smallest absolute Gasteiger partial charge is 0.240 e. The Morgan fingerprint density at radius 2 is 1.70 bits per heavy atom. The Labute approximate surface area is 159 Å². The lowest BCUT2D eigenvalue weighted by molar-refractivity contribution is 0.415. The molecule has 0 unspecified atom stereocenters. The first-order chi connectivity index (χ1) is 12.9. The lowest BCUT2D eigenvalue weighted by Gasteiger charge is -2.09. The van der Waals surface area contributed by atoms with Gasteiger partial charge in [-0.05, 0) is 67.4 Å². The molecule has 0 amide bonds. The molecule has 0 aliphatic heterocycles. The quantitative estimate of drug-likeness (QED) is 0.707. The van der Waals surface area contributed by atoms with Gasteiger partial charge in [-0.15, -0.1) is 0 Å². The molecule has 0 atom stereocenters. The van der Waals surface area contributed by atoms with Gasteiger partial charge < -0.3 is 4.74 Å². The third kappa shape index (κ3) is 4.50. The van der Waals surface area contributed by atoms with Crippen LogP contribution in [0.2, 0.25) is 0 Å². The number of methoxy groups -OCH3 is 1. The van der Waals surface area contributed by atoms with Crippen LogP contribution in [0.25, 0.3) is 11.3 Å². The Morgan fingerprint density at radius 1 is 0.963 bits per heavy atom. The van der Waals surface area contributed by atoms with Crippen molar-refractivity contribution in [3.63, 3.8) is 0 Å². The van der Waals surface area contributed by atoms with Gasteiger partial charge in [0.05, 0.1) is 29.9 Å². The van der Waals surface area contributed by atoms with Gasteiger partial charge >= 0.3 is 0 Å². The fourth-order valence-electron chi connectivity index (χ4n) is 2.55. The van der Waals surface area contributed by atoms with Crippen LogP contribution in [-0.4, -0.2) is 25.5 Å². The van der Waals surface area contributed by atoms with Crippen molar-refractivity contribution in [2.75, 3.05) is 7.11 Å². The summed E-state index contributed by atoms with van der Waals surface area (Å²) >= 11 is 0. The zero-order valence-electron chi connectivity index (χ0n) is 15.4. The van der Waals surface area contributed by atoms with Crippen LogP contribution in [0.1, 0.15) is 16.8 Å². The van der Waals surface area contributed by atoms with Gasteiger partial charge in [0.1, 0.15) is 12.1 Å². The zero-order chi connectivity index (χ0) is 19.4. The Morgan fingerprint density at radius 3 is 2.37 bits per heavy atom. The van der Waals surface area contributed by atoms with Crippen LogP contribution in [0, 0.1) is 13.8 Å². The fourth-order valence-corrected chi connectivity index (χ4v) is 3.63. The Kier molecular flexibility index (Phi) is 5.53. The first-order valence-corrected chi connectivity index (χ1v) is 9.89. The van der Waals surface area contributed by atoms with Gasteiger partial charge in [-0.2, -0.15) is 0 Å². The van der Waals surface area contributed by atoms with Crippen LogP contribution in [0.4, 0.5) is 0 Å². The summed E-state index contributed by atoms with van der Waals surface area (Å²) in [5.41, 5.74) is 4.18. The van der Waals surface area contributed by atoms with Gasteiger partial charge in [0.2, 0.25) is 10.0 Å². The molecule has 3 aromatic rings. The Hall–Kier alpha value is -2.77. The molecule has 0 spiro atoms. The maximum atomic E-state index is 12.5. The van der Waals surface area contributed by atoms with E-state index in [0.717, 1.165) is 22.4 Å². The van der Waals surface area contributed by atoms with Crippen LogP contribution in [0.5, 0.6) is 5.75 Å². The van der Waals surface area contributed by atoms with E-state index >= 15 is 0 Å². The van der Waals surface area contributed by atoms with E-state index in [1.807, 2.05) is 38.1 Å². The van der Waals surface area contributed by atoms with E-state index in [0.29, 0.717) is 11.4 Å². The van der Waals surface area contributed by atoms with Gasteiger partial charge in [0, 0.05) is 5.56 Å². The standard InChI is InChI=1S/C20H21N3O3S/c1-14-4-9-19(10-15(14)2)27(24,25)23-12-17-11-20(22-13-21-17)16-5-7-18(26-3)8-6-16/h4-11,13,23H,12H2,1-3H3. The van der Waals surface area contributed by atoms with Gasteiger partial charge in [-0.1, -0.05) is 6.07 Å². The van der Waals surface area contributed by atoms with Crippen LogP contribution in [0.15, 0.2) is 59.8 Å². The molecule has 1 aromatic heterocycles. The minimum atomic E-state index is -3.61. The van der Waals surface area contributed by atoms with Crippen molar-refractivity contribution in [2.45, 2.75) is 25.3 Å². The van der Waals surface area contributed by atoms with E-state index in [2.05, 4.69) is 14.7 Å². The normalized spacial score (nSPS) is 11.4. The average molecular weight is 383 g/mol. The number of hydrogen-bond donors (Lipinski definition) is 1. The predicted molar refractivity (Wildman–Crippen MR) is 104 cm³/mol. The topological polar surface area (TPSA) is 81.2 Å². The monoisotopic (exact) mass is 383 g/mol. The van der Waals surface area contributed by atoms with E-state index in [-0.39, 0.29) is 11.4 Å². The molecule has 0 aliphatic rings. The van der Waals surface area contributed by atoms with Crippen molar-refractivity contribution < 1.29 is 13.2 Å². The third-order valence-electron chi connectivity index (χ3n) is 4.34. The Bertz CT molecular complexity index is 1050. The predicted octanol–water partition coefficient (Wildman–Crippen LogP) is 3.25. The largest absolute Gasteiger partial charge is 0.497 e. The number of sulfonamides is 1. The van der Waals surface area contributed by atoms with Crippen LogP contribution < -0.4 is 9.46 Å². The van der Waals surface area contributed by atoms with Gasteiger partial charge in [-0.25, -0.2) is 23.1 Å². The van der Waals surface area contributed by atoms with Crippen molar-refractivity contribution >= 4 is 10.0 Å².